The zero-order valence-corrected chi connectivity index (χ0v) is 10.7. The van der Waals surface area contributed by atoms with Crippen LogP contribution in [0.4, 0.5) is 0 Å². The number of hydrogen-bond acceptors (Lipinski definition) is 4. The first-order chi connectivity index (χ1) is 9.22. The van der Waals surface area contributed by atoms with Crippen molar-refractivity contribution in [3.63, 3.8) is 0 Å². The molecule has 0 aliphatic carbocycles. The summed E-state index contributed by atoms with van der Waals surface area (Å²) < 4.78 is 0. The molecular formula is C14H17N3O2. The van der Waals surface area contributed by atoms with Gasteiger partial charge < -0.3 is 10.1 Å². The summed E-state index contributed by atoms with van der Waals surface area (Å²) >= 11 is 0. The highest BCUT2D eigenvalue weighted by Crippen LogP contribution is 2.12. The first kappa shape index (κ1) is 12.3. The summed E-state index contributed by atoms with van der Waals surface area (Å²) in [5, 5.41) is 9.65. The molecular weight excluding hydrogens is 242 g/mol. The predicted octanol–water partition coefficient (Wildman–Crippen LogP) is 0.880. The van der Waals surface area contributed by atoms with Gasteiger partial charge in [-0.2, -0.15) is 0 Å². The number of piperidine rings is 1. The van der Waals surface area contributed by atoms with Gasteiger partial charge in [0.2, 0.25) is 0 Å². The smallest absolute Gasteiger partial charge is 0.271 e. The van der Waals surface area contributed by atoms with Crippen LogP contribution in [0.15, 0.2) is 29.1 Å². The standard InChI is InChI=1S/C14H17N3O2/c18-10-4-3-7-17(8-10)9-13-14(19)16-12-6-2-1-5-11(12)15-13/h1-2,5-6,10,18H,3-4,7-9H2,(H,16,19). The Kier molecular flexibility index (Phi) is 3.31. The van der Waals surface area contributed by atoms with Crippen molar-refractivity contribution < 1.29 is 5.11 Å². The summed E-state index contributed by atoms with van der Waals surface area (Å²) in [6, 6.07) is 7.51. The van der Waals surface area contributed by atoms with Crippen LogP contribution in [0.25, 0.3) is 11.0 Å². The minimum absolute atomic E-state index is 0.140. The molecule has 1 atom stereocenters. The molecule has 19 heavy (non-hydrogen) atoms. The molecule has 1 saturated heterocycles. The average Bonchev–Trinajstić information content (AvgIpc) is 2.40. The molecule has 0 amide bonds. The molecule has 5 heteroatoms. The van der Waals surface area contributed by atoms with Crippen LogP contribution in [0.3, 0.4) is 0 Å². The van der Waals surface area contributed by atoms with Crippen LogP contribution in [0.2, 0.25) is 0 Å². The average molecular weight is 259 g/mol. The minimum Gasteiger partial charge on any atom is -0.392 e. The largest absolute Gasteiger partial charge is 0.392 e. The van der Waals surface area contributed by atoms with Gasteiger partial charge in [-0.1, -0.05) is 12.1 Å². The number of benzene rings is 1. The SMILES string of the molecule is O=c1[nH]c2ccccc2nc1CN1CCCC(O)C1. The van der Waals surface area contributed by atoms with Gasteiger partial charge in [0, 0.05) is 13.1 Å². The lowest BCUT2D eigenvalue weighted by Gasteiger charge is -2.29. The molecule has 2 N–H and O–H groups in total. The van der Waals surface area contributed by atoms with E-state index in [1.54, 1.807) is 0 Å². The van der Waals surface area contributed by atoms with Gasteiger partial charge in [0.05, 0.1) is 17.1 Å². The summed E-state index contributed by atoms with van der Waals surface area (Å²) in [4.78, 5) is 21.3. The second-order valence-corrected chi connectivity index (χ2v) is 5.06. The van der Waals surface area contributed by atoms with Crippen LogP contribution in [0, 0.1) is 0 Å². The molecule has 1 aliphatic rings. The number of hydrogen-bond donors (Lipinski definition) is 2. The summed E-state index contributed by atoms with van der Waals surface area (Å²) in [5.74, 6) is 0. The second kappa shape index (κ2) is 5.11. The molecule has 0 spiro atoms. The number of fused-ring (bicyclic) bond motifs is 1. The fraction of sp³-hybridized carbons (Fsp3) is 0.429. The number of nitrogens with one attached hydrogen (secondary N) is 1. The van der Waals surface area contributed by atoms with E-state index in [2.05, 4.69) is 14.9 Å². The van der Waals surface area contributed by atoms with Crippen molar-refractivity contribution in [2.24, 2.45) is 0 Å². The van der Waals surface area contributed by atoms with E-state index >= 15 is 0 Å². The van der Waals surface area contributed by atoms with Gasteiger partial charge in [0.1, 0.15) is 5.69 Å². The molecule has 0 radical (unpaired) electrons. The van der Waals surface area contributed by atoms with Crippen LogP contribution in [0.1, 0.15) is 18.5 Å². The predicted molar refractivity (Wildman–Crippen MR) is 72.9 cm³/mol. The number of H-pyrrole nitrogens is 1. The Bertz CT molecular complexity index is 638. The van der Waals surface area contributed by atoms with E-state index in [9.17, 15) is 9.90 Å². The van der Waals surface area contributed by atoms with Gasteiger partial charge in [-0.05, 0) is 31.5 Å². The van der Waals surface area contributed by atoms with Crippen LogP contribution in [0.5, 0.6) is 0 Å². The van der Waals surface area contributed by atoms with Crippen molar-refractivity contribution in [1.82, 2.24) is 14.9 Å². The van der Waals surface area contributed by atoms with Gasteiger partial charge in [0.15, 0.2) is 0 Å². The first-order valence-corrected chi connectivity index (χ1v) is 6.61. The highest BCUT2D eigenvalue weighted by atomic mass is 16.3. The van der Waals surface area contributed by atoms with Crippen molar-refractivity contribution in [3.05, 3.63) is 40.3 Å². The van der Waals surface area contributed by atoms with E-state index in [1.165, 1.54) is 0 Å². The third-order valence-electron chi connectivity index (χ3n) is 3.52. The maximum absolute atomic E-state index is 12.0. The highest BCUT2D eigenvalue weighted by molar-refractivity contribution is 5.73. The van der Waals surface area contributed by atoms with Crippen molar-refractivity contribution in [1.29, 1.82) is 0 Å². The fourth-order valence-corrected chi connectivity index (χ4v) is 2.56. The number of nitrogens with zero attached hydrogens (tertiary/aromatic N) is 2. The number of β-amino-alcohol motifs (C(OH)–C–C–N with tert-alkyl or cyclic N) is 1. The molecule has 1 aliphatic heterocycles. The van der Waals surface area contributed by atoms with Gasteiger partial charge in [0.25, 0.3) is 5.56 Å². The van der Waals surface area contributed by atoms with Crippen molar-refractivity contribution in [2.75, 3.05) is 13.1 Å². The van der Waals surface area contributed by atoms with Crippen LogP contribution < -0.4 is 5.56 Å². The van der Waals surface area contributed by atoms with Crippen molar-refractivity contribution in [3.8, 4) is 0 Å². The third kappa shape index (κ3) is 2.67. The number of aromatic amines is 1. The zero-order valence-electron chi connectivity index (χ0n) is 10.7. The summed E-state index contributed by atoms with van der Waals surface area (Å²) in [7, 11) is 0. The van der Waals surface area contributed by atoms with Gasteiger partial charge in [-0.3, -0.25) is 9.69 Å². The molecule has 0 bridgehead atoms. The summed E-state index contributed by atoms with van der Waals surface area (Å²) in [5.41, 5.74) is 1.94. The lowest BCUT2D eigenvalue weighted by Crippen LogP contribution is -2.39. The maximum atomic E-state index is 12.0. The first-order valence-electron chi connectivity index (χ1n) is 6.61. The maximum Gasteiger partial charge on any atom is 0.271 e. The zero-order chi connectivity index (χ0) is 13.2. The normalized spacial score (nSPS) is 20.8. The monoisotopic (exact) mass is 259 g/mol. The van der Waals surface area contributed by atoms with E-state index in [0.29, 0.717) is 18.8 Å². The Labute approximate surface area is 110 Å². The van der Waals surface area contributed by atoms with Gasteiger partial charge in [-0.25, -0.2) is 4.98 Å². The van der Waals surface area contributed by atoms with Gasteiger partial charge >= 0.3 is 0 Å². The number of rotatable bonds is 2. The molecule has 1 aromatic heterocycles. The van der Waals surface area contributed by atoms with Crippen molar-refractivity contribution >= 4 is 11.0 Å². The van der Waals surface area contributed by atoms with E-state index in [1.807, 2.05) is 24.3 Å². The highest BCUT2D eigenvalue weighted by Gasteiger charge is 2.19. The molecule has 5 nitrogen and oxygen atoms in total. The molecule has 0 saturated carbocycles. The van der Waals surface area contributed by atoms with Crippen molar-refractivity contribution in [2.45, 2.75) is 25.5 Å². The van der Waals surface area contributed by atoms with Crippen LogP contribution >= 0.6 is 0 Å². The lowest BCUT2D eigenvalue weighted by atomic mass is 10.1. The molecule has 100 valence electrons. The quantitative estimate of drug-likeness (QED) is 0.840. The topological polar surface area (TPSA) is 69.2 Å². The Balaban J connectivity index is 1.88. The summed E-state index contributed by atoms with van der Waals surface area (Å²) in [6.45, 7) is 2.02. The lowest BCUT2D eigenvalue weighted by molar-refractivity contribution is 0.0660. The van der Waals surface area contributed by atoms with E-state index in [0.717, 1.165) is 30.4 Å². The number of para-hydroxylation sites is 2. The molecule has 3 rings (SSSR count). The van der Waals surface area contributed by atoms with E-state index < -0.39 is 0 Å². The van der Waals surface area contributed by atoms with Crippen LogP contribution in [-0.4, -0.2) is 39.2 Å². The number of aromatic nitrogens is 2. The Hall–Kier alpha value is -1.72. The molecule has 2 aromatic rings. The number of likely N-dealkylation sites (tertiary alicyclic amines) is 1. The van der Waals surface area contributed by atoms with E-state index in [4.69, 9.17) is 0 Å². The molecule has 1 unspecified atom stereocenters. The van der Waals surface area contributed by atoms with E-state index in [-0.39, 0.29) is 11.7 Å². The third-order valence-corrected chi connectivity index (χ3v) is 3.52. The molecule has 1 fully saturated rings. The van der Waals surface area contributed by atoms with Gasteiger partial charge in [-0.15, -0.1) is 0 Å². The molecule has 2 heterocycles. The molecule has 1 aromatic carbocycles. The number of aliphatic hydroxyl groups excluding tert-OH is 1. The number of aliphatic hydroxyl groups is 1. The second-order valence-electron chi connectivity index (χ2n) is 5.06. The Morgan fingerprint density at radius 2 is 2.26 bits per heavy atom. The Morgan fingerprint density at radius 1 is 1.42 bits per heavy atom. The van der Waals surface area contributed by atoms with Crippen LogP contribution in [-0.2, 0) is 6.54 Å². The minimum atomic E-state index is -0.284. The Morgan fingerprint density at radius 3 is 3.11 bits per heavy atom. The summed E-state index contributed by atoms with van der Waals surface area (Å²) in [6.07, 6.45) is 1.53. The fourth-order valence-electron chi connectivity index (χ4n) is 2.56.